The molecule has 0 radical (unpaired) electrons. The molecule has 1 heterocycles. The number of fused-ring (bicyclic) bond motifs is 1. The van der Waals surface area contributed by atoms with Gasteiger partial charge in [-0.25, -0.2) is 0 Å². The van der Waals surface area contributed by atoms with Crippen molar-refractivity contribution in [2.75, 3.05) is 5.32 Å². The van der Waals surface area contributed by atoms with Gasteiger partial charge in [0.25, 0.3) is 0 Å². The number of hydrogen-bond acceptors (Lipinski definition) is 1. The van der Waals surface area contributed by atoms with Crippen molar-refractivity contribution < 1.29 is 0 Å². The van der Waals surface area contributed by atoms with Crippen molar-refractivity contribution in [2.24, 2.45) is 7.05 Å². The lowest BCUT2D eigenvalue weighted by molar-refractivity contribution is 0.913. The van der Waals surface area contributed by atoms with E-state index in [1.165, 1.54) is 22.2 Å². The summed E-state index contributed by atoms with van der Waals surface area (Å²) in [5.74, 6) is 0. The molecule has 24 heavy (non-hydrogen) atoms. The fourth-order valence-corrected chi connectivity index (χ4v) is 3.10. The third-order valence-electron chi connectivity index (χ3n) is 4.32. The average molecular weight is 358 g/mol. The zero-order chi connectivity index (χ0) is 17.3. The van der Waals surface area contributed by atoms with Crippen LogP contribution < -0.4 is 10.6 Å². The van der Waals surface area contributed by atoms with Crippen molar-refractivity contribution >= 4 is 45.5 Å². The van der Waals surface area contributed by atoms with Gasteiger partial charge in [-0.15, -0.1) is 0 Å². The molecule has 0 amide bonds. The van der Waals surface area contributed by atoms with E-state index in [2.05, 4.69) is 53.4 Å². The van der Waals surface area contributed by atoms with E-state index in [1.54, 1.807) is 0 Å². The number of hydrogen-bond donors (Lipinski definition) is 2. The second-order valence-electron chi connectivity index (χ2n) is 5.96. The van der Waals surface area contributed by atoms with E-state index < -0.39 is 0 Å². The summed E-state index contributed by atoms with van der Waals surface area (Å²) < 4.78 is 2.20. The van der Waals surface area contributed by atoms with Crippen LogP contribution in [0.2, 0.25) is 5.02 Å². The molecular weight excluding hydrogens is 338 g/mol. The topological polar surface area (TPSA) is 29.0 Å². The highest BCUT2D eigenvalue weighted by molar-refractivity contribution is 7.80. The molecule has 0 aliphatic carbocycles. The Bertz CT molecular complexity index is 914. The van der Waals surface area contributed by atoms with Gasteiger partial charge in [0.15, 0.2) is 5.11 Å². The highest BCUT2D eigenvalue weighted by atomic mass is 35.5. The van der Waals surface area contributed by atoms with Crippen LogP contribution >= 0.6 is 23.8 Å². The van der Waals surface area contributed by atoms with Crippen LogP contribution in [0.1, 0.15) is 16.8 Å². The Morgan fingerprint density at radius 1 is 1.17 bits per heavy atom. The fraction of sp³-hybridized carbons (Fsp3) is 0.211. The number of aryl methyl sites for hydroxylation is 2. The van der Waals surface area contributed by atoms with Gasteiger partial charge < -0.3 is 15.2 Å². The fourth-order valence-electron chi connectivity index (χ4n) is 2.74. The normalized spacial score (nSPS) is 10.8. The van der Waals surface area contributed by atoms with E-state index in [-0.39, 0.29) is 0 Å². The number of rotatable bonds is 3. The van der Waals surface area contributed by atoms with Gasteiger partial charge in [-0.05, 0) is 67.5 Å². The molecule has 0 atom stereocenters. The maximum Gasteiger partial charge on any atom is 0.171 e. The largest absolute Gasteiger partial charge is 0.358 e. The van der Waals surface area contributed by atoms with Gasteiger partial charge in [0.1, 0.15) is 0 Å². The molecule has 0 aliphatic rings. The van der Waals surface area contributed by atoms with Crippen LogP contribution in [0, 0.1) is 13.8 Å². The van der Waals surface area contributed by atoms with Crippen LogP contribution in [-0.4, -0.2) is 9.68 Å². The third-order valence-corrected chi connectivity index (χ3v) is 4.97. The zero-order valence-electron chi connectivity index (χ0n) is 14.0. The lowest BCUT2D eigenvalue weighted by Gasteiger charge is -2.13. The van der Waals surface area contributed by atoms with Crippen LogP contribution in [-0.2, 0) is 13.6 Å². The van der Waals surface area contributed by atoms with Gasteiger partial charge in [0.05, 0.1) is 0 Å². The van der Waals surface area contributed by atoms with E-state index in [9.17, 15) is 0 Å². The molecule has 0 saturated heterocycles. The SMILES string of the molecule is Cc1c(Cl)cccc1NC(=S)NCc1ccc2c(c1)cc(C)n2C. The second-order valence-corrected chi connectivity index (χ2v) is 6.77. The molecule has 5 heteroatoms. The van der Waals surface area contributed by atoms with Crippen molar-refractivity contribution in [3.05, 3.63) is 64.3 Å². The van der Waals surface area contributed by atoms with Crippen LogP contribution in [0.5, 0.6) is 0 Å². The summed E-state index contributed by atoms with van der Waals surface area (Å²) in [7, 11) is 2.09. The summed E-state index contributed by atoms with van der Waals surface area (Å²) in [4.78, 5) is 0. The van der Waals surface area contributed by atoms with E-state index in [0.717, 1.165) is 16.3 Å². The molecule has 2 N–H and O–H groups in total. The number of aromatic nitrogens is 1. The lowest BCUT2D eigenvalue weighted by atomic mass is 10.1. The Kier molecular flexibility index (Phi) is 4.78. The van der Waals surface area contributed by atoms with Crippen molar-refractivity contribution in [1.82, 2.24) is 9.88 Å². The number of thiocarbonyl (C=S) groups is 1. The molecule has 0 unspecified atom stereocenters. The Hall–Kier alpha value is -2.04. The van der Waals surface area contributed by atoms with Crippen LogP contribution in [0.3, 0.4) is 0 Å². The van der Waals surface area contributed by atoms with Crippen molar-refractivity contribution in [2.45, 2.75) is 20.4 Å². The molecule has 3 aromatic rings. The van der Waals surface area contributed by atoms with Crippen LogP contribution in [0.25, 0.3) is 10.9 Å². The van der Waals surface area contributed by atoms with E-state index in [1.807, 2.05) is 25.1 Å². The van der Waals surface area contributed by atoms with Gasteiger partial charge in [0, 0.05) is 40.9 Å². The summed E-state index contributed by atoms with van der Waals surface area (Å²) in [6.07, 6.45) is 0. The van der Waals surface area contributed by atoms with Crippen LogP contribution in [0.4, 0.5) is 5.69 Å². The number of halogens is 1. The smallest absolute Gasteiger partial charge is 0.171 e. The molecule has 2 aromatic carbocycles. The maximum atomic E-state index is 6.13. The number of nitrogens with one attached hydrogen (secondary N) is 2. The van der Waals surface area contributed by atoms with Crippen molar-refractivity contribution in [3.8, 4) is 0 Å². The molecule has 3 rings (SSSR count). The molecule has 0 aliphatic heterocycles. The molecule has 0 bridgehead atoms. The first kappa shape index (κ1) is 16.8. The van der Waals surface area contributed by atoms with Gasteiger partial charge >= 0.3 is 0 Å². The lowest BCUT2D eigenvalue weighted by Crippen LogP contribution is -2.28. The minimum Gasteiger partial charge on any atom is -0.358 e. The van der Waals surface area contributed by atoms with Gasteiger partial charge in [0.2, 0.25) is 0 Å². The van der Waals surface area contributed by atoms with Crippen molar-refractivity contribution in [3.63, 3.8) is 0 Å². The Morgan fingerprint density at radius 2 is 1.96 bits per heavy atom. The van der Waals surface area contributed by atoms with E-state index >= 15 is 0 Å². The first-order valence-electron chi connectivity index (χ1n) is 7.80. The predicted molar refractivity (Wildman–Crippen MR) is 107 cm³/mol. The summed E-state index contributed by atoms with van der Waals surface area (Å²) in [6.45, 7) is 4.76. The maximum absolute atomic E-state index is 6.13. The average Bonchev–Trinajstić information content (AvgIpc) is 2.84. The molecule has 1 aromatic heterocycles. The Balaban J connectivity index is 1.67. The summed E-state index contributed by atoms with van der Waals surface area (Å²) in [5.41, 5.74) is 5.61. The first-order chi connectivity index (χ1) is 11.5. The van der Waals surface area contributed by atoms with E-state index in [0.29, 0.717) is 11.7 Å². The minimum atomic E-state index is 0.588. The Morgan fingerprint density at radius 3 is 2.75 bits per heavy atom. The highest BCUT2D eigenvalue weighted by Crippen LogP contribution is 2.23. The van der Waals surface area contributed by atoms with Gasteiger partial charge in [-0.1, -0.05) is 23.7 Å². The molecular formula is C19H20ClN3S. The third kappa shape index (κ3) is 3.40. The molecule has 0 spiro atoms. The summed E-state index contributed by atoms with van der Waals surface area (Å²) in [5, 5.41) is 9.02. The molecule has 124 valence electrons. The zero-order valence-corrected chi connectivity index (χ0v) is 15.6. The Labute approximate surface area is 152 Å². The standard InChI is InChI=1S/C19H20ClN3S/c1-12-9-15-10-14(7-8-18(15)23(12)3)11-21-19(24)22-17-6-4-5-16(20)13(17)2/h4-10H,11H2,1-3H3,(H2,21,22,24). The number of anilines is 1. The quantitative estimate of drug-likeness (QED) is 0.651. The molecule has 0 fully saturated rings. The van der Waals surface area contributed by atoms with E-state index in [4.69, 9.17) is 23.8 Å². The predicted octanol–water partition coefficient (Wildman–Crippen LogP) is 4.94. The van der Waals surface area contributed by atoms with Crippen LogP contribution in [0.15, 0.2) is 42.5 Å². The number of nitrogens with zero attached hydrogens (tertiary/aromatic N) is 1. The summed E-state index contributed by atoms with van der Waals surface area (Å²) in [6, 6.07) is 14.4. The second kappa shape index (κ2) is 6.83. The van der Waals surface area contributed by atoms with Gasteiger partial charge in [-0.3, -0.25) is 0 Å². The molecule has 0 saturated carbocycles. The number of benzene rings is 2. The molecule has 3 nitrogen and oxygen atoms in total. The monoisotopic (exact) mass is 357 g/mol. The first-order valence-corrected chi connectivity index (χ1v) is 8.59. The minimum absolute atomic E-state index is 0.588. The van der Waals surface area contributed by atoms with Crippen molar-refractivity contribution in [1.29, 1.82) is 0 Å². The highest BCUT2D eigenvalue weighted by Gasteiger charge is 2.06. The van der Waals surface area contributed by atoms with Gasteiger partial charge in [-0.2, -0.15) is 0 Å². The summed E-state index contributed by atoms with van der Waals surface area (Å²) >= 11 is 11.5.